The molecule has 7 nitrogen and oxygen atoms in total. The number of pyridine rings is 1. The largest absolute Gasteiger partial charge is 0.393 e. The van der Waals surface area contributed by atoms with E-state index in [9.17, 15) is 22.4 Å². The van der Waals surface area contributed by atoms with Crippen LogP contribution in [0.15, 0.2) is 79.0 Å². The molecule has 0 unspecified atom stereocenters. The highest BCUT2D eigenvalue weighted by Crippen LogP contribution is 2.40. The van der Waals surface area contributed by atoms with Crippen molar-refractivity contribution in [3.05, 3.63) is 102 Å². The predicted molar refractivity (Wildman–Crippen MR) is 160 cm³/mol. The number of carbonyl (C=O) groups excluding carboxylic acids is 1. The maximum absolute atomic E-state index is 14.4. The number of amides is 1. The fourth-order valence-corrected chi connectivity index (χ4v) is 5.23. The van der Waals surface area contributed by atoms with Crippen molar-refractivity contribution < 1.29 is 22.4 Å². The average Bonchev–Trinajstić information content (AvgIpc) is 3.61. The Kier molecular flexibility index (Phi) is 8.91. The van der Waals surface area contributed by atoms with Gasteiger partial charge in [-0.1, -0.05) is 42.5 Å². The van der Waals surface area contributed by atoms with Crippen molar-refractivity contribution in [3.8, 4) is 0 Å². The number of nitrogens with zero attached hydrogens (tertiary/aromatic N) is 4. The third-order valence-electron chi connectivity index (χ3n) is 7.38. The van der Waals surface area contributed by atoms with Crippen LogP contribution in [0.4, 0.5) is 23.4 Å². The van der Waals surface area contributed by atoms with Gasteiger partial charge in [-0.2, -0.15) is 17.6 Å². The quantitative estimate of drug-likeness (QED) is 0.146. The number of hydrogen-bond donors (Lipinski definition) is 2. The summed E-state index contributed by atoms with van der Waals surface area (Å²) in [5, 5.41) is 9.81. The minimum Gasteiger partial charge on any atom is -0.355 e. The summed E-state index contributed by atoms with van der Waals surface area (Å²) in [6.07, 6.45) is 0.131. The molecule has 224 valence electrons. The average molecular weight is 593 g/mol. The monoisotopic (exact) mass is 592 g/mol. The van der Waals surface area contributed by atoms with Crippen LogP contribution in [-0.4, -0.2) is 71.9 Å². The van der Waals surface area contributed by atoms with E-state index >= 15 is 0 Å². The number of fused-ring (bicyclic) bond motifs is 1. The van der Waals surface area contributed by atoms with Crippen LogP contribution in [0.3, 0.4) is 0 Å². The summed E-state index contributed by atoms with van der Waals surface area (Å²) in [6.45, 7) is 2.01. The minimum atomic E-state index is -4.48. The van der Waals surface area contributed by atoms with Crippen LogP contribution >= 0.6 is 0 Å². The van der Waals surface area contributed by atoms with Gasteiger partial charge in [-0.25, -0.2) is 4.98 Å². The molecular weight excluding hydrogens is 560 g/mol. The zero-order valence-electron chi connectivity index (χ0n) is 23.8. The van der Waals surface area contributed by atoms with Crippen molar-refractivity contribution >= 4 is 33.8 Å². The number of alkyl halides is 3. The van der Waals surface area contributed by atoms with E-state index in [0.717, 1.165) is 13.0 Å². The van der Waals surface area contributed by atoms with Gasteiger partial charge in [0.05, 0.1) is 17.3 Å². The van der Waals surface area contributed by atoms with E-state index in [1.165, 1.54) is 17.0 Å². The second kappa shape index (κ2) is 12.8. The number of rotatable bonds is 9. The Morgan fingerprint density at radius 3 is 2.56 bits per heavy atom. The number of nitrogens with one attached hydrogen (secondary N) is 2. The van der Waals surface area contributed by atoms with Gasteiger partial charge in [-0.05, 0) is 53.0 Å². The van der Waals surface area contributed by atoms with Crippen LogP contribution < -0.4 is 10.2 Å². The molecule has 0 spiro atoms. The Hall–Kier alpha value is -4.51. The Bertz CT molecular complexity index is 1630. The molecule has 4 aromatic rings. The van der Waals surface area contributed by atoms with Crippen molar-refractivity contribution in [2.45, 2.75) is 25.1 Å². The Labute approximate surface area is 246 Å². The first-order chi connectivity index (χ1) is 20.6. The molecular formula is C32H32F4N6O. The summed E-state index contributed by atoms with van der Waals surface area (Å²) < 4.78 is 56.4. The number of hydrogen-bond acceptors (Lipinski definition) is 5. The van der Waals surface area contributed by atoms with E-state index in [1.54, 1.807) is 81.0 Å². The van der Waals surface area contributed by atoms with Crippen molar-refractivity contribution in [1.82, 2.24) is 25.4 Å². The fourth-order valence-electron chi connectivity index (χ4n) is 5.23. The molecule has 0 bridgehead atoms. The van der Waals surface area contributed by atoms with Crippen LogP contribution in [0, 0.1) is 5.95 Å². The predicted octanol–water partition coefficient (Wildman–Crippen LogP) is 5.82. The first kappa shape index (κ1) is 30.0. The van der Waals surface area contributed by atoms with Gasteiger partial charge < -0.3 is 15.1 Å². The van der Waals surface area contributed by atoms with Crippen LogP contribution in [0.5, 0.6) is 0 Å². The van der Waals surface area contributed by atoms with E-state index in [2.05, 4.69) is 25.4 Å². The van der Waals surface area contributed by atoms with Gasteiger partial charge >= 0.3 is 6.18 Å². The standard InChI is InChI=1S/C32H32F4N6O/c1-41(2)29(43)9-6-15-37-24-14-16-42(20-24)28-13-11-23(19-38-28)30(22-10-12-27-25(17-22)31(33)40-39-27)26(18-32(34,35)36)21-7-4-3-5-8-21/h3-13,17,19,24,37H,14-16,18,20H2,1-2H3,(H,39,40)/b9-6+,30-26-/t24-/m0/s1. The first-order valence-corrected chi connectivity index (χ1v) is 13.9. The SMILES string of the molecule is CN(C)C(=O)/C=C/CN[C@H]1CCN(c2ccc(/C(=C(/CC(F)(F)F)c3ccccc3)c3ccc4[nH]nc(F)c4c3)cn2)C1. The molecule has 2 aromatic heterocycles. The number of H-pyrrole nitrogens is 1. The molecule has 1 atom stereocenters. The number of carbonyl (C=O) groups is 1. The molecule has 1 amide bonds. The number of anilines is 1. The highest BCUT2D eigenvalue weighted by molar-refractivity contribution is 6.00. The van der Waals surface area contributed by atoms with Crippen molar-refractivity contribution in [2.24, 2.45) is 0 Å². The molecule has 5 rings (SSSR count). The molecule has 43 heavy (non-hydrogen) atoms. The van der Waals surface area contributed by atoms with Crippen LogP contribution in [0.1, 0.15) is 29.5 Å². The van der Waals surface area contributed by atoms with Crippen molar-refractivity contribution in [2.75, 3.05) is 38.6 Å². The number of aromatic amines is 1. The highest BCUT2D eigenvalue weighted by atomic mass is 19.4. The molecule has 1 aliphatic heterocycles. The smallest absolute Gasteiger partial charge is 0.355 e. The zero-order chi connectivity index (χ0) is 30.6. The lowest BCUT2D eigenvalue weighted by Crippen LogP contribution is -2.33. The van der Waals surface area contributed by atoms with Gasteiger partial charge in [0.15, 0.2) is 0 Å². The van der Waals surface area contributed by atoms with E-state index in [1.807, 2.05) is 0 Å². The number of allylic oxidation sites excluding steroid dienone is 1. The zero-order valence-corrected chi connectivity index (χ0v) is 23.8. The Morgan fingerprint density at radius 1 is 1.09 bits per heavy atom. The van der Waals surface area contributed by atoms with Crippen LogP contribution in [0.25, 0.3) is 22.0 Å². The van der Waals surface area contributed by atoms with E-state index in [-0.39, 0.29) is 22.9 Å². The minimum absolute atomic E-state index is 0.0668. The Morgan fingerprint density at radius 2 is 1.86 bits per heavy atom. The molecule has 2 aromatic carbocycles. The van der Waals surface area contributed by atoms with Crippen LogP contribution in [0.2, 0.25) is 0 Å². The Balaban J connectivity index is 1.46. The van der Waals surface area contributed by atoms with Crippen molar-refractivity contribution in [1.29, 1.82) is 0 Å². The van der Waals surface area contributed by atoms with Gasteiger partial charge in [0.2, 0.25) is 11.9 Å². The normalized spacial score (nSPS) is 16.2. The maximum atomic E-state index is 14.4. The number of likely N-dealkylation sites (N-methyl/N-ethyl adjacent to an activating group) is 1. The number of aromatic nitrogens is 3. The van der Waals surface area contributed by atoms with Gasteiger partial charge in [0.25, 0.3) is 0 Å². The second-order valence-electron chi connectivity index (χ2n) is 10.7. The summed E-state index contributed by atoms with van der Waals surface area (Å²) in [6, 6.07) is 17.0. The maximum Gasteiger partial charge on any atom is 0.393 e. The lowest BCUT2D eigenvalue weighted by atomic mass is 9.88. The first-order valence-electron chi connectivity index (χ1n) is 13.9. The summed E-state index contributed by atoms with van der Waals surface area (Å²) in [7, 11) is 3.39. The molecule has 0 aliphatic carbocycles. The third kappa shape index (κ3) is 7.29. The number of halogens is 4. The highest BCUT2D eigenvalue weighted by Gasteiger charge is 2.32. The molecule has 2 N–H and O–H groups in total. The van der Waals surface area contributed by atoms with Crippen molar-refractivity contribution in [3.63, 3.8) is 0 Å². The van der Waals surface area contributed by atoms with Gasteiger partial charge in [0.1, 0.15) is 5.82 Å². The van der Waals surface area contributed by atoms with Crippen LogP contribution in [-0.2, 0) is 4.79 Å². The van der Waals surface area contributed by atoms with Gasteiger partial charge in [-0.15, -0.1) is 5.10 Å². The molecule has 1 fully saturated rings. The van der Waals surface area contributed by atoms with E-state index in [4.69, 9.17) is 0 Å². The third-order valence-corrected chi connectivity index (χ3v) is 7.38. The molecule has 0 radical (unpaired) electrons. The van der Waals surface area contributed by atoms with E-state index in [0.29, 0.717) is 46.7 Å². The van der Waals surface area contributed by atoms with Gasteiger partial charge in [-0.3, -0.25) is 9.89 Å². The number of benzene rings is 2. The second-order valence-corrected chi connectivity index (χ2v) is 10.7. The van der Waals surface area contributed by atoms with E-state index < -0.39 is 18.5 Å². The topological polar surface area (TPSA) is 77.2 Å². The molecule has 1 aliphatic rings. The molecule has 3 heterocycles. The summed E-state index contributed by atoms with van der Waals surface area (Å²) in [5.74, 6) is -0.0917. The fraction of sp³-hybridized carbons (Fsp3) is 0.281. The summed E-state index contributed by atoms with van der Waals surface area (Å²) in [5.41, 5.74) is 2.17. The summed E-state index contributed by atoms with van der Waals surface area (Å²) in [4.78, 5) is 20.0. The lowest BCUT2D eigenvalue weighted by molar-refractivity contribution is -0.124. The van der Waals surface area contributed by atoms with Gasteiger partial charge in [0, 0.05) is 57.6 Å². The molecule has 0 saturated carbocycles. The molecule has 1 saturated heterocycles. The summed E-state index contributed by atoms with van der Waals surface area (Å²) >= 11 is 0. The molecule has 11 heteroatoms. The lowest BCUT2D eigenvalue weighted by Gasteiger charge is -2.21.